The van der Waals surface area contributed by atoms with Crippen LogP contribution < -0.4 is 41.6 Å². The summed E-state index contributed by atoms with van der Waals surface area (Å²) in [7, 11) is 0.814. The predicted octanol–water partition coefficient (Wildman–Crippen LogP) is 9.41. The van der Waals surface area contributed by atoms with Crippen LogP contribution in [0.3, 0.4) is 0 Å². The molecule has 2 unspecified atom stereocenters. The smallest absolute Gasteiger partial charge is 0.130 e. The summed E-state index contributed by atoms with van der Waals surface area (Å²) < 4.78 is 0. The molecule has 0 bridgehead atoms. The first kappa shape index (κ1) is 35.6. The molecule has 0 spiro atoms. The zero-order valence-corrected chi connectivity index (χ0v) is 34.7. The van der Waals surface area contributed by atoms with Gasteiger partial charge in [-0.2, -0.15) is 0 Å². The molecule has 0 saturated carbocycles. The van der Waals surface area contributed by atoms with E-state index in [1.807, 2.05) is 49.1 Å². The van der Waals surface area contributed by atoms with Crippen molar-refractivity contribution in [3.05, 3.63) is 183 Å². The van der Waals surface area contributed by atoms with Crippen molar-refractivity contribution in [3.63, 3.8) is 0 Å². The molecule has 2 atom stereocenters. The van der Waals surface area contributed by atoms with Crippen LogP contribution in [0.25, 0.3) is 43.6 Å². The van der Waals surface area contributed by atoms with Crippen LogP contribution in [0.1, 0.15) is 0 Å². The molecule has 8 heteroatoms. The van der Waals surface area contributed by atoms with Crippen molar-refractivity contribution in [2.45, 2.75) is 0 Å². The molecule has 0 aliphatic carbocycles. The van der Waals surface area contributed by atoms with Gasteiger partial charge >= 0.3 is 0 Å². The van der Waals surface area contributed by atoms with Crippen LogP contribution in [-0.4, -0.2) is 40.7 Å². The van der Waals surface area contributed by atoms with Gasteiger partial charge in [0.15, 0.2) is 0 Å². The summed E-state index contributed by atoms with van der Waals surface area (Å²) in [5, 5.41) is 12.0. The normalized spacial score (nSPS) is 16.6. The lowest BCUT2D eigenvalue weighted by molar-refractivity contribution is 1.22. The monoisotopic (exact) mass is 797 g/mol. The van der Waals surface area contributed by atoms with Gasteiger partial charge in [-0.3, -0.25) is 19.9 Å². The van der Waals surface area contributed by atoms with E-state index < -0.39 is 15.2 Å². The Balaban J connectivity index is 1.37. The van der Waals surface area contributed by atoms with Gasteiger partial charge in [0.05, 0.1) is 51.5 Å². The third kappa shape index (κ3) is 5.78. The Morgan fingerprint density at radius 3 is 1.44 bits per heavy atom. The van der Waals surface area contributed by atoms with Crippen LogP contribution in [0.15, 0.2) is 183 Å². The quantitative estimate of drug-likeness (QED) is 0.163. The fraction of sp³-hybridized carbons (Fsp3) is 0.0588. The van der Waals surface area contributed by atoms with Crippen molar-refractivity contribution in [3.8, 4) is 0 Å². The van der Waals surface area contributed by atoms with E-state index in [0.717, 1.165) is 66.4 Å². The molecule has 0 saturated heterocycles. The Hall–Kier alpha value is -6.58. The lowest BCUT2D eigenvalue weighted by Gasteiger charge is -2.36. The second kappa shape index (κ2) is 14.1. The Bertz CT molecular complexity index is 3070. The van der Waals surface area contributed by atoms with Gasteiger partial charge in [0, 0.05) is 77.1 Å². The highest BCUT2D eigenvalue weighted by molar-refractivity contribution is 7.95. The first-order chi connectivity index (χ1) is 29.0. The molecule has 10 aromatic rings. The Morgan fingerprint density at radius 1 is 0.407 bits per heavy atom. The van der Waals surface area contributed by atoms with E-state index in [1.165, 1.54) is 31.8 Å². The van der Waals surface area contributed by atoms with E-state index in [-0.39, 0.29) is 0 Å². The summed E-state index contributed by atoms with van der Waals surface area (Å²) in [6.07, 6.45) is 7.60. The maximum Gasteiger partial charge on any atom is 0.130 e. The highest BCUT2D eigenvalue weighted by atomic mass is 31.2. The minimum Gasteiger partial charge on any atom is -0.341 e. The standard InChI is InChI=1S/C51H39N6P2/c1-56-44-26-34-14-10-24-54-42(34)32-49(44)58(38-18-6-4-7-19-38)48-28-36-16-12-22-52-40(36)30-45(48)57(2)47-31-41-37(17-13-23-53-41)29-50(47)59(3,39-20-8-5-9-21-39)51-33-43-35(27-46(51)56)15-11-25-55-43/h4-33H,1-3H3/q+1. The summed E-state index contributed by atoms with van der Waals surface area (Å²) >= 11 is 0. The van der Waals surface area contributed by atoms with Crippen LogP contribution in [0.4, 0.5) is 22.7 Å². The molecule has 6 aromatic carbocycles. The van der Waals surface area contributed by atoms with Gasteiger partial charge in [-0.1, -0.05) is 72.8 Å². The maximum atomic E-state index is 4.99. The van der Waals surface area contributed by atoms with Gasteiger partial charge in [-0.15, -0.1) is 0 Å². The van der Waals surface area contributed by atoms with Crippen molar-refractivity contribution < 1.29 is 0 Å². The summed E-state index contributed by atoms with van der Waals surface area (Å²) in [6.45, 7) is 2.50. The molecule has 0 amide bonds. The molecule has 282 valence electrons. The van der Waals surface area contributed by atoms with Gasteiger partial charge in [0.25, 0.3) is 0 Å². The van der Waals surface area contributed by atoms with E-state index in [2.05, 4.69) is 164 Å². The minimum absolute atomic E-state index is 0.953. The van der Waals surface area contributed by atoms with Crippen LogP contribution in [0, 0.1) is 0 Å². The van der Waals surface area contributed by atoms with E-state index in [0.29, 0.717) is 0 Å². The molecule has 4 aromatic heterocycles. The topological polar surface area (TPSA) is 58.0 Å². The van der Waals surface area contributed by atoms with Crippen molar-refractivity contribution in [2.75, 3.05) is 30.6 Å². The number of rotatable bonds is 2. The average molecular weight is 798 g/mol. The zero-order chi connectivity index (χ0) is 39.7. The van der Waals surface area contributed by atoms with Gasteiger partial charge in [0.2, 0.25) is 0 Å². The van der Waals surface area contributed by atoms with Crippen LogP contribution >= 0.6 is 15.2 Å². The molecule has 0 radical (unpaired) electrons. The Morgan fingerprint density at radius 2 is 0.831 bits per heavy atom. The second-order valence-electron chi connectivity index (χ2n) is 15.3. The number of anilines is 4. The molecule has 11 rings (SSSR count). The SMILES string of the molecule is CN1c2cc3ncccc3cc2P(c2ccccc2)c2cc3ncccc3cc2N(C)c2cc3cccnc3cc2[P+](C)(c2ccccc2)c2cc3cccnc3cc21. The second-order valence-corrected chi connectivity index (χ2v) is 20.9. The average Bonchev–Trinajstić information content (AvgIpc) is 3.30. The molecule has 1 aliphatic rings. The molecule has 0 fully saturated rings. The van der Waals surface area contributed by atoms with Gasteiger partial charge < -0.3 is 9.80 Å². The third-order valence-corrected chi connectivity index (χ3v) is 18.4. The Kier molecular flexibility index (Phi) is 8.48. The fourth-order valence-corrected chi connectivity index (χ4v) is 15.3. The fourth-order valence-electron chi connectivity index (χ4n) is 8.92. The lowest BCUT2D eigenvalue weighted by Crippen LogP contribution is -2.38. The third-order valence-electron chi connectivity index (χ3n) is 12.0. The number of hydrogen-bond acceptors (Lipinski definition) is 6. The molecule has 6 nitrogen and oxygen atoms in total. The van der Waals surface area contributed by atoms with Gasteiger partial charge in [-0.25, -0.2) is 0 Å². The lowest BCUT2D eigenvalue weighted by atomic mass is 10.1. The maximum absolute atomic E-state index is 4.99. The van der Waals surface area contributed by atoms with Crippen molar-refractivity contribution in [2.24, 2.45) is 0 Å². The van der Waals surface area contributed by atoms with E-state index >= 15 is 0 Å². The van der Waals surface area contributed by atoms with Crippen LogP contribution in [0.2, 0.25) is 0 Å². The van der Waals surface area contributed by atoms with Gasteiger partial charge in [-0.05, 0) is 92.1 Å². The molecule has 1 aliphatic heterocycles. The summed E-state index contributed by atoms with van der Waals surface area (Å²) in [5.74, 6) is 0. The summed E-state index contributed by atoms with van der Waals surface area (Å²) in [6, 6.07) is 57.9. The summed E-state index contributed by atoms with van der Waals surface area (Å²) in [4.78, 5) is 24.7. The molecular formula is C51H39N6P2+. The van der Waals surface area contributed by atoms with E-state index in [4.69, 9.17) is 19.9 Å². The van der Waals surface area contributed by atoms with E-state index in [1.54, 1.807) is 0 Å². The number of fused-ring (bicyclic) bond motifs is 8. The van der Waals surface area contributed by atoms with Crippen molar-refractivity contribution >= 4 is 113 Å². The molecular weight excluding hydrogens is 759 g/mol. The molecule has 0 N–H and O–H groups in total. The zero-order valence-electron chi connectivity index (χ0n) is 32.9. The molecule has 5 heterocycles. The number of nitrogens with zero attached hydrogens (tertiary/aromatic N) is 6. The first-order valence-electron chi connectivity index (χ1n) is 19.8. The number of hydrogen-bond donors (Lipinski definition) is 0. The minimum atomic E-state index is -2.50. The highest BCUT2D eigenvalue weighted by Gasteiger charge is 2.47. The highest BCUT2D eigenvalue weighted by Crippen LogP contribution is 2.58. The Labute approximate surface area is 345 Å². The van der Waals surface area contributed by atoms with Crippen molar-refractivity contribution in [1.82, 2.24) is 19.9 Å². The van der Waals surface area contributed by atoms with Gasteiger partial charge in [0.1, 0.15) is 23.2 Å². The molecule has 59 heavy (non-hydrogen) atoms. The van der Waals surface area contributed by atoms with E-state index in [9.17, 15) is 0 Å². The largest absolute Gasteiger partial charge is 0.341 e. The van der Waals surface area contributed by atoms with Crippen LogP contribution in [0.5, 0.6) is 0 Å². The summed E-state index contributed by atoms with van der Waals surface area (Å²) in [5.41, 5.74) is 8.38. The van der Waals surface area contributed by atoms with Crippen molar-refractivity contribution in [1.29, 1.82) is 0 Å². The number of aromatic nitrogens is 4. The first-order valence-corrected chi connectivity index (χ1v) is 23.3. The predicted molar refractivity (Wildman–Crippen MR) is 254 cm³/mol. The van der Waals surface area contributed by atoms with Crippen LogP contribution in [-0.2, 0) is 0 Å². The number of benzene rings is 6. The number of pyridine rings is 4.